The molecule has 5 rings (SSSR count). The SMILES string of the molecule is N/N=C\N(N)c1ccc(Cl)cc1-c1cc2n(c(=O)c1)C(c1[nH]c(-c3ccc(N)nc3F)nc1Cl)CC2. The van der Waals surface area contributed by atoms with Gasteiger partial charge in [0.25, 0.3) is 5.56 Å². The van der Waals surface area contributed by atoms with Crippen LogP contribution in [-0.2, 0) is 6.42 Å². The van der Waals surface area contributed by atoms with Gasteiger partial charge in [-0.3, -0.25) is 9.80 Å². The molecule has 0 saturated heterocycles. The summed E-state index contributed by atoms with van der Waals surface area (Å²) in [6.45, 7) is 0. The number of nitrogen functional groups attached to an aromatic ring is 1. The largest absolute Gasteiger partial charge is 0.384 e. The predicted molar refractivity (Wildman–Crippen MR) is 138 cm³/mol. The van der Waals surface area contributed by atoms with Crippen LogP contribution in [0.1, 0.15) is 23.9 Å². The van der Waals surface area contributed by atoms with E-state index in [1.165, 1.54) is 29.5 Å². The van der Waals surface area contributed by atoms with Crippen molar-refractivity contribution < 1.29 is 4.39 Å². The molecule has 184 valence electrons. The van der Waals surface area contributed by atoms with Crippen molar-refractivity contribution in [1.82, 2.24) is 19.5 Å². The number of fused-ring (bicyclic) bond motifs is 1. The lowest BCUT2D eigenvalue weighted by Gasteiger charge is -2.19. The van der Waals surface area contributed by atoms with Crippen molar-refractivity contribution in [2.45, 2.75) is 18.9 Å². The molecule has 3 aromatic heterocycles. The maximum Gasteiger partial charge on any atom is 0.251 e. The molecule has 0 spiro atoms. The third kappa shape index (κ3) is 4.17. The summed E-state index contributed by atoms with van der Waals surface area (Å²) < 4.78 is 16.0. The minimum Gasteiger partial charge on any atom is -0.384 e. The molecule has 36 heavy (non-hydrogen) atoms. The van der Waals surface area contributed by atoms with Crippen LogP contribution < -0.4 is 28.0 Å². The van der Waals surface area contributed by atoms with E-state index in [0.717, 1.165) is 5.69 Å². The van der Waals surface area contributed by atoms with Crippen LogP contribution in [0.25, 0.3) is 22.5 Å². The van der Waals surface area contributed by atoms with Crippen LogP contribution in [-0.4, -0.2) is 25.9 Å². The molecular formula is C23H20Cl2FN9O. The van der Waals surface area contributed by atoms with Crippen molar-refractivity contribution in [3.8, 4) is 22.5 Å². The number of hydrazine groups is 1. The first kappa shape index (κ1) is 23.8. The standard InChI is InChI=1S/C23H20Cl2FN9O/c24-12-1-4-16(34(29)10-30-28)15(9-12)11-7-13-2-5-17(35(13)19(36)8-11)20-21(25)33-23(32-20)14-3-6-18(27)31-22(14)26/h1,3-4,6-10,17H,2,5,28-29H2,(H2,27,31)(H,32,33)/b30-10-. The van der Waals surface area contributed by atoms with E-state index in [1.807, 2.05) is 6.07 Å². The third-order valence-corrected chi connectivity index (χ3v) is 6.54. The molecule has 1 aliphatic heterocycles. The zero-order chi connectivity index (χ0) is 25.6. The normalized spacial score (nSPS) is 14.9. The second-order valence-corrected chi connectivity index (χ2v) is 8.99. The molecule has 4 aromatic rings. The Kier molecular flexibility index (Phi) is 6.12. The first-order chi connectivity index (χ1) is 17.3. The molecule has 0 amide bonds. The highest BCUT2D eigenvalue weighted by molar-refractivity contribution is 6.31. The van der Waals surface area contributed by atoms with Gasteiger partial charge in [-0.2, -0.15) is 9.49 Å². The second kappa shape index (κ2) is 9.26. The zero-order valence-corrected chi connectivity index (χ0v) is 20.1. The smallest absolute Gasteiger partial charge is 0.251 e. The van der Waals surface area contributed by atoms with Gasteiger partial charge < -0.3 is 21.1 Å². The summed E-state index contributed by atoms with van der Waals surface area (Å²) in [5, 5.41) is 5.32. The number of anilines is 2. The Morgan fingerprint density at radius 3 is 2.72 bits per heavy atom. The molecule has 1 aromatic carbocycles. The fraction of sp³-hybridized carbons (Fsp3) is 0.130. The predicted octanol–water partition coefficient (Wildman–Crippen LogP) is 3.45. The van der Waals surface area contributed by atoms with Gasteiger partial charge in [0.05, 0.1) is 23.0 Å². The van der Waals surface area contributed by atoms with Crippen LogP contribution in [0.4, 0.5) is 15.9 Å². The molecule has 0 radical (unpaired) electrons. The van der Waals surface area contributed by atoms with E-state index >= 15 is 0 Å². The number of halogens is 3. The first-order valence-corrected chi connectivity index (χ1v) is 11.5. The van der Waals surface area contributed by atoms with E-state index in [1.54, 1.807) is 22.8 Å². The number of H-pyrrole nitrogens is 1. The quantitative estimate of drug-likeness (QED) is 0.102. The molecule has 0 bridgehead atoms. The van der Waals surface area contributed by atoms with Crippen molar-refractivity contribution in [1.29, 1.82) is 0 Å². The second-order valence-electron chi connectivity index (χ2n) is 8.20. The van der Waals surface area contributed by atoms with Gasteiger partial charge in [-0.25, -0.2) is 15.8 Å². The molecule has 0 aliphatic carbocycles. The maximum atomic E-state index is 14.3. The number of aromatic nitrogens is 4. The molecule has 1 unspecified atom stereocenters. The Labute approximate surface area is 214 Å². The number of aromatic amines is 1. The van der Waals surface area contributed by atoms with E-state index in [4.69, 9.17) is 40.6 Å². The number of nitrogens with zero attached hydrogens (tertiary/aromatic N) is 5. The first-order valence-electron chi connectivity index (χ1n) is 10.8. The number of rotatable bonds is 5. The van der Waals surface area contributed by atoms with Crippen LogP contribution >= 0.6 is 23.2 Å². The van der Waals surface area contributed by atoms with Crippen LogP contribution in [0, 0.1) is 5.95 Å². The van der Waals surface area contributed by atoms with Gasteiger partial charge in [-0.1, -0.05) is 23.2 Å². The van der Waals surface area contributed by atoms with Crippen LogP contribution in [0.3, 0.4) is 0 Å². The van der Waals surface area contributed by atoms with Gasteiger partial charge in [0.1, 0.15) is 18.0 Å². The number of hydrogen-bond acceptors (Lipinski definition) is 7. The van der Waals surface area contributed by atoms with Crippen molar-refractivity contribution in [2.24, 2.45) is 16.8 Å². The number of benzene rings is 1. The number of aryl methyl sites for hydroxylation is 1. The van der Waals surface area contributed by atoms with Gasteiger partial charge in [-0.15, -0.1) is 0 Å². The highest BCUT2D eigenvalue weighted by Gasteiger charge is 2.30. The van der Waals surface area contributed by atoms with Gasteiger partial charge in [0, 0.05) is 22.3 Å². The van der Waals surface area contributed by atoms with Gasteiger partial charge >= 0.3 is 0 Å². The van der Waals surface area contributed by atoms with Gasteiger partial charge in [-0.05, 0) is 54.8 Å². The zero-order valence-electron chi connectivity index (χ0n) is 18.6. The lowest BCUT2D eigenvalue weighted by molar-refractivity contribution is 0.584. The monoisotopic (exact) mass is 527 g/mol. The van der Waals surface area contributed by atoms with E-state index in [9.17, 15) is 9.18 Å². The highest BCUT2D eigenvalue weighted by atomic mass is 35.5. The average molecular weight is 528 g/mol. The number of nitrogens with two attached hydrogens (primary N) is 3. The van der Waals surface area contributed by atoms with Crippen molar-refractivity contribution in [3.63, 3.8) is 0 Å². The molecule has 0 fully saturated rings. The molecule has 0 saturated carbocycles. The number of imidazole rings is 1. The molecule has 4 heterocycles. The molecule has 7 N–H and O–H groups in total. The van der Waals surface area contributed by atoms with E-state index < -0.39 is 12.0 Å². The fourth-order valence-corrected chi connectivity index (χ4v) is 4.89. The van der Waals surface area contributed by atoms with E-state index in [2.05, 4.69) is 20.1 Å². The number of hydrazone groups is 1. The topological polar surface area (TPSA) is 157 Å². The molecule has 13 heteroatoms. The summed E-state index contributed by atoms with van der Waals surface area (Å²) in [6, 6.07) is 11.0. The lowest BCUT2D eigenvalue weighted by Crippen LogP contribution is -2.30. The minimum absolute atomic E-state index is 0.0529. The Bertz CT molecular complexity index is 1570. The van der Waals surface area contributed by atoms with Crippen molar-refractivity contribution >= 4 is 41.0 Å². The van der Waals surface area contributed by atoms with E-state index in [-0.39, 0.29) is 27.9 Å². The summed E-state index contributed by atoms with van der Waals surface area (Å²) in [5.41, 5.74) is 8.55. The van der Waals surface area contributed by atoms with Crippen molar-refractivity contribution in [2.75, 3.05) is 10.7 Å². The van der Waals surface area contributed by atoms with Crippen LogP contribution in [0.5, 0.6) is 0 Å². The summed E-state index contributed by atoms with van der Waals surface area (Å²) in [7, 11) is 0. The highest BCUT2D eigenvalue weighted by Crippen LogP contribution is 2.38. The molecule has 1 aliphatic rings. The van der Waals surface area contributed by atoms with Gasteiger partial charge in [0.15, 0.2) is 5.15 Å². The minimum atomic E-state index is -0.772. The Balaban J connectivity index is 1.56. The third-order valence-electron chi connectivity index (χ3n) is 6.02. The van der Waals surface area contributed by atoms with Crippen LogP contribution in [0.15, 0.2) is 52.4 Å². The van der Waals surface area contributed by atoms with Crippen molar-refractivity contribution in [3.05, 3.63) is 80.3 Å². The lowest BCUT2D eigenvalue weighted by atomic mass is 10.0. The number of nitrogens with one attached hydrogen (secondary N) is 1. The fourth-order valence-electron chi connectivity index (χ4n) is 4.46. The Hall–Kier alpha value is -3.93. The van der Waals surface area contributed by atoms with Crippen LogP contribution in [0.2, 0.25) is 10.2 Å². The molecule has 10 nitrogen and oxygen atoms in total. The van der Waals surface area contributed by atoms with Gasteiger partial charge in [0.2, 0.25) is 5.95 Å². The summed E-state index contributed by atoms with van der Waals surface area (Å²) in [6.07, 6.45) is 2.44. The average Bonchev–Trinajstić information content (AvgIpc) is 3.42. The molecular weight excluding hydrogens is 508 g/mol. The Morgan fingerprint density at radius 2 is 1.97 bits per heavy atom. The maximum absolute atomic E-state index is 14.3. The number of hydrogen-bond donors (Lipinski definition) is 4. The van der Waals surface area contributed by atoms with E-state index in [0.29, 0.717) is 40.4 Å². The summed E-state index contributed by atoms with van der Waals surface area (Å²) >= 11 is 12.7. The summed E-state index contributed by atoms with van der Waals surface area (Å²) in [5.74, 6) is 10.8. The summed E-state index contributed by atoms with van der Waals surface area (Å²) in [4.78, 5) is 24.3. The molecule has 1 atom stereocenters. The number of pyridine rings is 2. The Morgan fingerprint density at radius 1 is 1.17 bits per heavy atom.